The zero-order valence-electron chi connectivity index (χ0n) is 12.5. The molecule has 0 saturated heterocycles. The van der Waals surface area contributed by atoms with Crippen LogP contribution in [0.15, 0.2) is 0 Å². The topological polar surface area (TPSA) is 58.6 Å². The van der Waals surface area contributed by atoms with Gasteiger partial charge in [0.25, 0.3) is 0 Å². The third kappa shape index (κ3) is 13.4. The van der Waals surface area contributed by atoms with Gasteiger partial charge in [-0.2, -0.15) is 0 Å². The lowest BCUT2D eigenvalue weighted by atomic mass is 10.2. The summed E-state index contributed by atoms with van der Waals surface area (Å²) in [6.07, 6.45) is 2.62. The number of quaternary nitrogens is 1. The lowest BCUT2D eigenvalue weighted by molar-refractivity contribution is -0.908. The molecular formula is C13H29NO4. The molecule has 18 heavy (non-hydrogen) atoms. The lowest BCUT2D eigenvalue weighted by Crippen LogP contribution is -2.46. The Kier molecular flexibility index (Phi) is 14.0. The molecule has 0 aliphatic heterocycles. The molecule has 0 fully saturated rings. The molecule has 5 nitrogen and oxygen atoms in total. The van der Waals surface area contributed by atoms with Crippen molar-refractivity contribution in [2.75, 3.05) is 54.1 Å². The van der Waals surface area contributed by atoms with Crippen LogP contribution in [0.1, 0.15) is 26.7 Å². The van der Waals surface area contributed by atoms with Crippen molar-refractivity contribution in [2.24, 2.45) is 0 Å². The van der Waals surface area contributed by atoms with Crippen molar-refractivity contribution in [3.63, 3.8) is 0 Å². The predicted molar refractivity (Wildman–Crippen MR) is 70.1 cm³/mol. The maximum atomic E-state index is 9.36. The molecule has 0 aromatic carbocycles. The van der Waals surface area contributed by atoms with Gasteiger partial charge in [0.2, 0.25) is 0 Å². The average molecular weight is 263 g/mol. The van der Waals surface area contributed by atoms with Crippen LogP contribution in [-0.4, -0.2) is 64.6 Å². The van der Waals surface area contributed by atoms with Gasteiger partial charge in [0.1, 0.15) is 6.54 Å². The Bertz CT molecular complexity index is 189. The number of carbonyl (C=O) groups is 1. The molecule has 0 amide bonds. The SMILES string of the molecule is CCCC[N+](C)(CC)CCOC.COCC(=O)[O-]. The highest BCUT2D eigenvalue weighted by Crippen LogP contribution is 2.04. The van der Waals surface area contributed by atoms with Crippen LogP contribution < -0.4 is 5.11 Å². The number of hydrogen-bond acceptors (Lipinski definition) is 4. The van der Waals surface area contributed by atoms with Crippen molar-refractivity contribution < 1.29 is 23.9 Å². The molecular weight excluding hydrogens is 234 g/mol. The van der Waals surface area contributed by atoms with Crippen LogP contribution in [0, 0.1) is 0 Å². The molecule has 0 aliphatic carbocycles. The summed E-state index contributed by atoms with van der Waals surface area (Å²) in [7, 11) is 5.39. The summed E-state index contributed by atoms with van der Waals surface area (Å²) in [5.74, 6) is -1.18. The van der Waals surface area contributed by atoms with Gasteiger partial charge in [-0.15, -0.1) is 0 Å². The first-order valence-electron chi connectivity index (χ1n) is 6.47. The van der Waals surface area contributed by atoms with Crippen molar-refractivity contribution in [3.8, 4) is 0 Å². The Balaban J connectivity index is 0. The van der Waals surface area contributed by atoms with Crippen molar-refractivity contribution in [3.05, 3.63) is 0 Å². The van der Waals surface area contributed by atoms with Crippen LogP contribution >= 0.6 is 0 Å². The van der Waals surface area contributed by atoms with E-state index in [4.69, 9.17) is 4.74 Å². The van der Waals surface area contributed by atoms with Gasteiger partial charge >= 0.3 is 0 Å². The van der Waals surface area contributed by atoms with E-state index in [-0.39, 0.29) is 6.61 Å². The van der Waals surface area contributed by atoms with E-state index in [2.05, 4.69) is 25.6 Å². The first-order chi connectivity index (χ1) is 8.45. The smallest absolute Gasteiger partial charge is 0.102 e. The standard InChI is InChI=1S/C10H24NO.C3H6O3/c1-5-7-8-11(3,6-2)9-10-12-4;1-6-2-3(4)5/h5-10H2,1-4H3;2H2,1H3,(H,4,5)/q+1;/p-1. The second-order valence-electron chi connectivity index (χ2n) is 4.53. The number of rotatable bonds is 9. The summed E-state index contributed by atoms with van der Waals surface area (Å²) >= 11 is 0. The minimum absolute atomic E-state index is 0.319. The fourth-order valence-corrected chi connectivity index (χ4v) is 1.40. The van der Waals surface area contributed by atoms with E-state index < -0.39 is 5.97 Å². The maximum absolute atomic E-state index is 9.36. The van der Waals surface area contributed by atoms with E-state index in [9.17, 15) is 9.90 Å². The third-order valence-corrected chi connectivity index (χ3v) is 2.91. The maximum Gasteiger partial charge on any atom is 0.102 e. The minimum atomic E-state index is -1.18. The summed E-state index contributed by atoms with van der Waals surface area (Å²) in [5, 5.41) is 9.36. The van der Waals surface area contributed by atoms with Crippen LogP contribution in [-0.2, 0) is 14.3 Å². The zero-order chi connectivity index (χ0) is 14.4. The predicted octanol–water partition coefficient (Wildman–Crippen LogP) is 0.282. The van der Waals surface area contributed by atoms with E-state index in [1.165, 1.54) is 33.0 Å². The highest BCUT2D eigenvalue weighted by atomic mass is 16.5. The highest BCUT2D eigenvalue weighted by molar-refractivity contribution is 5.65. The van der Waals surface area contributed by atoms with Gasteiger partial charge < -0.3 is 23.9 Å². The van der Waals surface area contributed by atoms with Crippen LogP contribution in [0.4, 0.5) is 0 Å². The van der Waals surface area contributed by atoms with E-state index in [1.807, 2.05) is 0 Å². The number of hydrogen-bond donors (Lipinski definition) is 0. The molecule has 0 bridgehead atoms. The molecule has 5 heteroatoms. The molecule has 0 radical (unpaired) electrons. The number of carboxylic acid groups (broad SMARTS) is 1. The Labute approximate surface area is 111 Å². The van der Waals surface area contributed by atoms with Crippen molar-refractivity contribution in [1.29, 1.82) is 0 Å². The monoisotopic (exact) mass is 263 g/mol. The lowest BCUT2D eigenvalue weighted by Gasteiger charge is -2.33. The van der Waals surface area contributed by atoms with E-state index in [1.54, 1.807) is 7.11 Å². The Morgan fingerprint density at radius 3 is 2.06 bits per heavy atom. The number of aliphatic carboxylic acids is 1. The number of carboxylic acids is 1. The zero-order valence-corrected chi connectivity index (χ0v) is 12.5. The molecule has 1 atom stereocenters. The van der Waals surface area contributed by atoms with Crippen molar-refractivity contribution >= 4 is 5.97 Å². The second-order valence-corrected chi connectivity index (χ2v) is 4.53. The first kappa shape index (κ1) is 19.7. The van der Waals surface area contributed by atoms with E-state index >= 15 is 0 Å². The van der Waals surface area contributed by atoms with Gasteiger partial charge in [-0.05, 0) is 13.3 Å². The van der Waals surface area contributed by atoms with Crippen LogP contribution in [0.2, 0.25) is 0 Å². The van der Waals surface area contributed by atoms with Gasteiger partial charge in [-0.3, -0.25) is 0 Å². The Morgan fingerprint density at radius 1 is 1.17 bits per heavy atom. The third-order valence-electron chi connectivity index (χ3n) is 2.91. The highest BCUT2D eigenvalue weighted by Gasteiger charge is 2.17. The van der Waals surface area contributed by atoms with E-state index in [0.717, 1.165) is 17.6 Å². The van der Waals surface area contributed by atoms with Gasteiger partial charge in [0.05, 0.1) is 39.3 Å². The average Bonchev–Trinajstić information content (AvgIpc) is 2.34. The molecule has 0 heterocycles. The van der Waals surface area contributed by atoms with Crippen LogP contribution in [0.3, 0.4) is 0 Å². The minimum Gasteiger partial charge on any atom is -0.548 e. The summed E-state index contributed by atoms with van der Waals surface area (Å²) in [6.45, 7) is 8.71. The molecule has 0 aromatic rings. The number of likely N-dealkylation sites (N-methyl/N-ethyl adjacent to an activating group) is 1. The van der Waals surface area contributed by atoms with E-state index in [0.29, 0.717) is 0 Å². The summed E-state index contributed by atoms with van der Waals surface area (Å²) in [4.78, 5) is 9.36. The van der Waals surface area contributed by atoms with Gasteiger partial charge in [0.15, 0.2) is 0 Å². The van der Waals surface area contributed by atoms with Crippen molar-refractivity contribution in [1.82, 2.24) is 0 Å². The fraction of sp³-hybridized carbons (Fsp3) is 0.923. The molecule has 0 spiro atoms. The second kappa shape index (κ2) is 12.8. The number of carbonyl (C=O) groups excluding carboxylic acids is 1. The van der Waals surface area contributed by atoms with Gasteiger partial charge in [-0.1, -0.05) is 13.3 Å². The Hall–Kier alpha value is -0.650. The molecule has 0 aliphatic rings. The largest absolute Gasteiger partial charge is 0.548 e. The first-order valence-corrected chi connectivity index (χ1v) is 6.47. The summed E-state index contributed by atoms with van der Waals surface area (Å²) in [6, 6.07) is 0. The summed E-state index contributed by atoms with van der Waals surface area (Å²) in [5.41, 5.74) is 0. The number of unbranched alkanes of at least 4 members (excludes halogenated alkanes) is 1. The number of methoxy groups -OCH3 is 2. The fourth-order valence-electron chi connectivity index (χ4n) is 1.40. The quantitative estimate of drug-likeness (QED) is 0.561. The molecule has 110 valence electrons. The molecule has 0 saturated carbocycles. The Morgan fingerprint density at radius 2 is 1.78 bits per heavy atom. The van der Waals surface area contributed by atoms with Gasteiger partial charge in [-0.25, -0.2) is 0 Å². The normalized spacial score (nSPS) is 13.4. The number of ether oxygens (including phenoxy) is 2. The number of nitrogens with zero attached hydrogens (tertiary/aromatic N) is 1. The van der Waals surface area contributed by atoms with Crippen LogP contribution in [0.25, 0.3) is 0 Å². The summed E-state index contributed by atoms with van der Waals surface area (Å²) < 4.78 is 10.4. The molecule has 1 unspecified atom stereocenters. The molecule has 0 N–H and O–H groups in total. The molecule has 0 rings (SSSR count). The van der Waals surface area contributed by atoms with Crippen LogP contribution in [0.5, 0.6) is 0 Å². The molecule has 0 aromatic heterocycles. The van der Waals surface area contributed by atoms with Gasteiger partial charge in [0, 0.05) is 14.2 Å². The van der Waals surface area contributed by atoms with Crippen molar-refractivity contribution in [2.45, 2.75) is 26.7 Å².